The van der Waals surface area contributed by atoms with Gasteiger partial charge in [0.05, 0.1) is 6.61 Å². The lowest BCUT2D eigenvalue weighted by atomic mass is 10.1. The average Bonchev–Trinajstić information content (AvgIpc) is 2.53. The first-order chi connectivity index (χ1) is 11.0. The second kappa shape index (κ2) is 7.85. The summed E-state index contributed by atoms with van der Waals surface area (Å²) in [6.07, 6.45) is 0. The molecule has 0 aliphatic carbocycles. The van der Waals surface area contributed by atoms with Crippen LogP contribution in [-0.2, 0) is 17.9 Å². The number of aliphatic hydroxyl groups is 1. The summed E-state index contributed by atoms with van der Waals surface area (Å²) in [7, 11) is 0. The molecule has 0 aromatic heterocycles. The SMILES string of the molecule is CC(=O)Nc1cccc(C(C)NCc2ccc(F)c(CO)c2)c1. The Hall–Kier alpha value is -2.24. The van der Waals surface area contributed by atoms with Crippen molar-refractivity contribution in [3.63, 3.8) is 0 Å². The van der Waals surface area contributed by atoms with Gasteiger partial charge in [-0.05, 0) is 42.3 Å². The molecule has 0 saturated carbocycles. The van der Waals surface area contributed by atoms with Crippen LogP contribution in [0.15, 0.2) is 42.5 Å². The minimum Gasteiger partial charge on any atom is -0.392 e. The van der Waals surface area contributed by atoms with Crippen molar-refractivity contribution in [3.8, 4) is 0 Å². The Balaban J connectivity index is 2.02. The van der Waals surface area contributed by atoms with E-state index in [0.717, 1.165) is 16.8 Å². The van der Waals surface area contributed by atoms with Gasteiger partial charge < -0.3 is 15.7 Å². The minimum absolute atomic E-state index is 0.0614. The van der Waals surface area contributed by atoms with E-state index in [0.29, 0.717) is 12.1 Å². The summed E-state index contributed by atoms with van der Waals surface area (Å²) in [5.41, 5.74) is 3.00. The third-order valence-electron chi connectivity index (χ3n) is 3.60. The molecule has 5 heteroatoms. The van der Waals surface area contributed by atoms with Crippen LogP contribution >= 0.6 is 0 Å². The Morgan fingerprint density at radius 1 is 1.26 bits per heavy atom. The molecule has 1 atom stereocenters. The second-order valence-electron chi connectivity index (χ2n) is 5.49. The second-order valence-corrected chi connectivity index (χ2v) is 5.49. The number of carbonyl (C=O) groups excluding carboxylic acids is 1. The summed E-state index contributed by atoms with van der Waals surface area (Å²) in [5.74, 6) is -0.502. The first kappa shape index (κ1) is 17.1. The van der Waals surface area contributed by atoms with Gasteiger partial charge in [0.2, 0.25) is 5.91 Å². The minimum atomic E-state index is -0.396. The predicted molar refractivity (Wildman–Crippen MR) is 88.3 cm³/mol. The van der Waals surface area contributed by atoms with Gasteiger partial charge in [-0.3, -0.25) is 4.79 Å². The molecule has 2 rings (SSSR count). The number of amides is 1. The number of benzene rings is 2. The first-order valence-corrected chi connectivity index (χ1v) is 7.48. The third-order valence-corrected chi connectivity index (χ3v) is 3.60. The van der Waals surface area contributed by atoms with Gasteiger partial charge in [-0.2, -0.15) is 0 Å². The van der Waals surface area contributed by atoms with Crippen molar-refractivity contribution >= 4 is 11.6 Å². The number of halogens is 1. The Morgan fingerprint density at radius 3 is 2.74 bits per heavy atom. The molecule has 0 radical (unpaired) electrons. The standard InChI is InChI=1S/C18H21FN2O2/c1-12(15-4-3-5-17(9-15)21-13(2)23)20-10-14-6-7-18(19)16(8-14)11-22/h3-9,12,20,22H,10-11H2,1-2H3,(H,21,23). The van der Waals surface area contributed by atoms with Gasteiger partial charge in [-0.25, -0.2) is 4.39 Å². The van der Waals surface area contributed by atoms with Gasteiger partial charge in [0.15, 0.2) is 0 Å². The third kappa shape index (κ3) is 4.87. The fourth-order valence-electron chi connectivity index (χ4n) is 2.34. The molecule has 0 aliphatic rings. The topological polar surface area (TPSA) is 61.4 Å². The number of anilines is 1. The van der Waals surface area contributed by atoms with Crippen molar-refractivity contribution in [1.82, 2.24) is 5.32 Å². The molecule has 2 aromatic rings. The van der Waals surface area contributed by atoms with E-state index in [1.165, 1.54) is 13.0 Å². The normalized spacial score (nSPS) is 12.0. The van der Waals surface area contributed by atoms with E-state index in [4.69, 9.17) is 5.11 Å². The highest BCUT2D eigenvalue weighted by Gasteiger charge is 2.08. The highest BCUT2D eigenvalue weighted by Crippen LogP contribution is 2.18. The summed E-state index contributed by atoms with van der Waals surface area (Å²) in [5, 5.41) is 15.2. The summed E-state index contributed by atoms with van der Waals surface area (Å²) in [6, 6.07) is 12.4. The van der Waals surface area contributed by atoms with E-state index in [-0.39, 0.29) is 18.6 Å². The maximum Gasteiger partial charge on any atom is 0.221 e. The van der Waals surface area contributed by atoms with Crippen LogP contribution in [0.25, 0.3) is 0 Å². The number of nitrogens with one attached hydrogen (secondary N) is 2. The van der Waals surface area contributed by atoms with E-state index >= 15 is 0 Å². The molecule has 0 saturated heterocycles. The number of aliphatic hydroxyl groups excluding tert-OH is 1. The van der Waals surface area contributed by atoms with E-state index in [9.17, 15) is 9.18 Å². The van der Waals surface area contributed by atoms with Gasteiger partial charge in [0.1, 0.15) is 5.82 Å². The fraction of sp³-hybridized carbons (Fsp3) is 0.278. The van der Waals surface area contributed by atoms with Crippen LogP contribution in [0.2, 0.25) is 0 Å². The molecule has 0 aliphatic heterocycles. The van der Waals surface area contributed by atoms with Crippen LogP contribution in [0.3, 0.4) is 0 Å². The summed E-state index contributed by atoms with van der Waals surface area (Å²) < 4.78 is 13.4. The largest absolute Gasteiger partial charge is 0.392 e. The lowest BCUT2D eigenvalue weighted by molar-refractivity contribution is -0.114. The van der Waals surface area contributed by atoms with Gasteiger partial charge in [-0.15, -0.1) is 0 Å². The van der Waals surface area contributed by atoms with E-state index in [2.05, 4.69) is 10.6 Å². The summed E-state index contributed by atoms with van der Waals surface area (Å²) in [4.78, 5) is 11.1. The number of rotatable bonds is 6. The molecule has 1 amide bonds. The molecular formula is C18H21FN2O2. The Labute approximate surface area is 135 Å². The maximum atomic E-state index is 13.4. The van der Waals surface area contributed by atoms with Gasteiger partial charge in [-0.1, -0.05) is 18.2 Å². The zero-order valence-electron chi connectivity index (χ0n) is 13.3. The number of hydrogen-bond acceptors (Lipinski definition) is 3. The average molecular weight is 316 g/mol. The molecule has 2 aromatic carbocycles. The van der Waals surface area contributed by atoms with E-state index in [1.807, 2.05) is 31.2 Å². The highest BCUT2D eigenvalue weighted by molar-refractivity contribution is 5.88. The first-order valence-electron chi connectivity index (χ1n) is 7.48. The van der Waals surface area contributed by atoms with Crippen molar-refractivity contribution < 1.29 is 14.3 Å². The highest BCUT2D eigenvalue weighted by atomic mass is 19.1. The van der Waals surface area contributed by atoms with Crippen LogP contribution in [0.1, 0.15) is 36.6 Å². The van der Waals surface area contributed by atoms with Crippen molar-refractivity contribution in [3.05, 3.63) is 65.0 Å². The molecule has 0 heterocycles. The zero-order chi connectivity index (χ0) is 16.8. The predicted octanol–water partition coefficient (Wildman–Crippen LogP) is 3.13. The van der Waals surface area contributed by atoms with Crippen molar-refractivity contribution in [1.29, 1.82) is 0 Å². The Kier molecular flexibility index (Phi) is 5.84. The van der Waals surface area contributed by atoms with Gasteiger partial charge in [0, 0.05) is 30.8 Å². The maximum absolute atomic E-state index is 13.4. The van der Waals surface area contributed by atoms with Crippen LogP contribution < -0.4 is 10.6 Å². The Morgan fingerprint density at radius 2 is 2.04 bits per heavy atom. The van der Waals surface area contributed by atoms with Gasteiger partial charge in [0.25, 0.3) is 0 Å². The molecule has 0 bridgehead atoms. The quantitative estimate of drug-likeness (QED) is 0.767. The van der Waals surface area contributed by atoms with Gasteiger partial charge >= 0.3 is 0 Å². The molecule has 0 spiro atoms. The van der Waals surface area contributed by atoms with Crippen molar-refractivity contribution in [2.24, 2.45) is 0 Å². The number of hydrogen-bond donors (Lipinski definition) is 3. The fourth-order valence-corrected chi connectivity index (χ4v) is 2.34. The lowest BCUT2D eigenvalue weighted by Crippen LogP contribution is -2.18. The summed E-state index contributed by atoms with van der Waals surface area (Å²) in [6.45, 7) is 3.73. The van der Waals surface area contributed by atoms with Crippen molar-refractivity contribution in [2.75, 3.05) is 5.32 Å². The summed E-state index contributed by atoms with van der Waals surface area (Å²) >= 11 is 0. The van der Waals surface area contributed by atoms with E-state index in [1.54, 1.807) is 12.1 Å². The molecule has 122 valence electrons. The van der Waals surface area contributed by atoms with Crippen LogP contribution in [0.5, 0.6) is 0 Å². The molecule has 1 unspecified atom stereocenters. The van der Waals surface area contributed by atoms with Crippen LogP contribution in [-0.4, -0.2) is 11.0 Å². The molecule has 0 fully saturated rings. The molecule has 23 heavy (non-hydrogen) atoms. The monoisotopic (exact) mass is 316 g/mol. The zero-order valence-corrected chi connectivity index (χ0v) is 13.3. The lowest BCUT2D eigenvalue weighted by Gasteiger charge is -2.16. The molecular weight excluding hydrogens is 295 g/mol. The van der Waals surface area contributed by atoms with Crippen LogP contribution in [0.4, 0.5) is 10.1 Å². The molecule has 4 nitrogen and oxygen atoms in total. The smallest absolute Gasteiger partial charge is 0.221 e. The molecule has 3 N–H and O–H groups in total. The Bertz CT molecular complexity index is 688. The van der Waals surface area contributed by atoms with Crippen molar-refractivity contribution in [2.45, 2.75) is 33.0 Å². The number of carbonyl (C=O) groups is 1. The van der Waals surface area contributed by atoms with E-state index < -0.39 is 5.82 Å². The van der Waals surface area contributed by atoms with Crippen LogP contribution in [0, 0.1) is 5.82 Å².